The number of rotatable bonds is 6. The predicted molar refractivity (Wildman–Crippen MR) is 128 cm³/mol. The van der Waals surface area contributed by atoms with Crippen molar-refractivity contribution in [3.63, 3.8) is 0 Å². The number of anilines is 1. The third kappa shape index (κ3) is 4.66. The molecule has 2 aromatic carbocycles. The fourth-order valence-electron chi connectivity index (χ4n) is 3.28. The van der Waals surface area contributed by atoms with Crippen LogP contribution in [0.1, 0.15) is 0 Å². The molecule has 0 spiro atoms. The molecule has 0 atom stereocenters. The molecule has 4 rings (SSSR count). The van der Waals surface area contributed by atoms with Crippen LogP contribution in [0.5, 0.6) is 0 Å². The number of nitrogens with one attached hydrogen (secondary N) is 1. The van der Waals surface area contributed by atoms with Gasteiger partial charge < -0.3 is 5.32 Å². The number of aromatic nitrogens is 4. The van der Waals surface area contributed by atoms with E-state index in [1.165, 1.54) is 61.1 Å². The molecule has 1 amide bonds. The van der Waals surface area contributed by atoms with E-state index in [0.29, 0.717) is 5.56 Å². The lowest BCUT2D eigenvalue weighted by atomic mass is 10.2. The van der Waals surface area contributed by atoms with Crippen LogP contribution in [0, 0.1) is 15.9 Å². The summed E-state index contributed by atoms with van der Waals surface area (Å²) in [4.78, 5) is 57.0. The average Bonchev–Trinajstić information content (AvgIpc) is 2.85. The van der Waals surface area contributed by atoms with Crippen molar-refractivity contribution < 1.29 is 14.1 Å². The first-order valence-corrected chi connectivity index (χ1v) is 11.1. The molecule has 4 aromatic rings. The Balaban J connectivity index is 1.77. The monoisotopic (exact) mass is 496 g/mol. The van der Waals surface area contributed by atoms with E-state index in [1.807, 2.05) is 0 Å². The maximum absolute atomic E-state index is 13.9. The van der Waals surface area contributed by atoms with Gasteiger partial charge in [0.1, 0.15) is 16.2 Å². The van der Waals surface area contributed by atoms with Gasteiger partial charge in [-0.2, -0.15) is 0 Å². The first kappa shape index (κ1) is 23.8. The van der Waals surface area contributed by atoms with Gasteiger partial charge in [-0.25, -0.2) is 19.2 Å². The second kappa shape index (κ2) is 9.46. The van der Waals surface area contributed by atoms with Crippen LogP contribution in [0.3, 0.4) is 0 Å². The third-order valence-electron chi connectivity index (χ3n) is 5.09. The van der Waals surface area contributed by atoms with Crippen molar-refractivity contribution in [1.82, 2.24) is 19.1 Å². The summed E-state index contributed by atoms with van der Waals surface area (Å²) in [5.41, 5.74) is -0.924. The van der Waals surface area contributed by atoms with Crippen LogP contribution >= 0.6 is 11.8 Å². The lowest BCUT2D eigenvalue weighted by Crippen LogP contribution is -2.37. The second-order valence-corrected chi connectivity index (χ2v) is 8.34. The van der Waals surface area contributed by atoms with Crippen molar-refractivity contribution >= 4 is 40.1 Å². The Morgan fingerprint density at radius 3 is 2.43 bits per heavy atom. The molecule has 2 aromatic heterocycles. The molecule has 0 aliphatic carbocycles. The van der Waals surface area contributed by atoms with Crippen molar-refractivity contribution in [1.29, 1.82) is 0 Å². The minimum absolute atomic E-state index is 0.00975. The quantitative estimate of drug-likeness (QED) is 0.186. The van der Waals surface area contributed by atoms with Crippen molar-refractivity contribution in [2.45, 2.75) is 5.03 Å². The first-order valence-electron chi connectivity index (χ1n) is 10.1. The van der Waals surface area contributed by atoms with E-state index in [1.54, 1.807) is 6.07 Å². The molecule has 13 heteroatoms. The number of carbonyl (C=O) groups is 1. The number of hydrogen-bond donors (Lipinski definition) is 1. The Morgan fingerprint density at radius 2 is 1.77 bits per heavy atom. The number of aryl methyl sites for hydroxylation is 1. The molecular weight excluding hydrogens is 479 g/mol. The number of halogens is 1. The van der Waals surface area contributed by atoms with Crippen LogP contribution in [0.15, 0.2) is 63.1 Å². The smallest absolute Gasteiger partial charge is 0.323 e. The van der Waals surface area contributed by atoms with Crippen LogP contribution < -0.4 is 16.6 Å². The minimum atomic E-state index is -0.643. The van der Waals surface area contributed by atoms with Gasteiger partial charge in [-0.15, -0.1) is 0 Å². The fraction of sp³-hybridized carbons (Fsp3) is 0.136. The zero-order valence-corrected chi connectivity index (χ0v) is 19.2. The summed E-state index contributed by atoms with van der Waals surface area (Å²) in [5.74, 6) is -1.24. The fourth-order valence-corrected chi connectivity index (χ4v) is 4.09. The maximum atomic E-state index is 13.9. The highest BCUT2D eigenvalue weighted by Gasteiger charge is 2.20. The number of thioether (sulfide) groups is 1. The van der Waals surface area contributed by atoms with Gasteiger partial charge in [-0.1, -0.05) is 23.9 Å². The van der Waals surface area contributed by atoms with Gasteiger partial charge >= 0.3 is 5.69 Å². The van der Waals surface area contributed by atoms with Crippen molar-refractivity contribution in [2.24, 2.45) is 14.1 Å². The number of hydrogen-bond acceptors (Lipinski definition) is 8. The number of nitro benzene ring substituents is 1. The standard InChI is InChI=1S/C22H17FN6O5S/c1-27-19-17(21(31)28(2)22(27)32)20(35-11-16(30)24-15-6-4-3-5-14(15)23)26-18(25-19)12-7-9-13(10-8-12)29(33)34/h3-10H,11H2,1-2H3,(H,24,30). The van der Waals surface area contributed by atoms with E-state index in [9.17, 15) is 28.9 Å². The highest BCUT2D eigenvalue weighted by molar-refractivity contribution is 8.00. The van der Waals surface area contributed by atoms with Gasteiger partial charge in [-0.3, -0.25) is 28.8 Å². The summed E-state index contributed by atoms with van der Waals surface area (Å²) in [7, 11) is 2.75. The molecule has 0 fully saturated rings. The van der Waals surface area contributed by atoms with Crippen molar-refractivity contribution in [2.75, 3.05) is 11.1 Å². The number of amides is 1. The molecular formula is C22H17FN6O5S. The second-order valence-electron chi connectivity index (χ2n) is 7.38. The molecule has 178 valence electrons. The predicted octanol–water partition coefficient (Wildman–Crippen LogP) is 2.47. The molecule has 0 aliphatic heterocycles. The van der Waals surface area contributed by atoms with Crippen LogP contribution in [-0.4, -0.2) is 35.7 Å². The largest absolute Gasteiger partial charge is 0.332 e. The molecule has 0 unspecified atom stereocenters. The molecule has 0 aliphatic rings. The Labute approximate surface area is 200 Å². The first-order chi connectivity index (χ1) is 16.7. The molecule has 0 bridgehead atoms. The number of nitrogens with zero attached hydrogens (tertiary/aromatic N) is 5. The summed E-state index contributed by atoms with van der Waals surface area (Å²) in [6.45, 7) is 0. The highest BCUT2D eigenvalue weighted by Crippen LogP contribution is 2.27. The van der Waals surface area contributed by atoms with Gasteiger partial charge in [0.05, 0.1) is 16.4 Å². The van der Waals surface area contributed by atoms with Crippen molar-refractivity contribution in [3.05, 3.63) is 85.3 Å². The molecule has 35 heavy (non-hydrogen) atoms. The lowest BCUT2D eigenvalue weighted by molar-refractivity contribution is -0.384. The number of carbonyl (C=O) groups excluding carboxylic acids is 1. The van der Waals surface area contributed by atoms with E-state index in [0.717, 1.165) is 16.3 Å². The van der Waals surface area contributed by atoms with E-state index in [-0.39, 0.29) is 39.0 Å². The van der Waals surface area contributed by atoms with E-state index >= 15 is 0 Å². The van der Waals surface area contributed by atoms with Crippen LogP contribution in [0.2, 0.25) is 0 Å². The number of nitro groups is 1. The van der Waals surface area contributed by atoms with Crippen molar-refractivity contribution in [3.8, 4) is 11.4 Å². The van der Waals surface area contributed by atoms with Gasteiger partial charge in [0.15, 0.2) is 11.5 Å². The van der Waals surface area contributed by atoms with Crippen LogP contribution in [-0.2, 0) is 18.9 Å². The molecule has 0 radical (unpaired) electrons. The summed E-state index contributed by atoms with van der Waals surface area (Å²) in [6, 6.07) is 11.1. The maximum Gasteiger partial charge on any atom is 0.332 e. The van der Waals surface area contributed by atoms with E-state index < -0.39 is 27.9 Å². The molecule has 2 heterocycles. The lowest BCUT2D eigenvalue weighted by Gasteiger charge is -2.12. The Hall–Kier alpha value is -4.39. The molecule has 0 saturated heterocycles. The molecule has 1 N–H and O–H groups in total. The molecule has 0 saturated carbocycles. The van der Waals surface area contributed by atoms with Gasteiger partial charge in [0.2, 0.25) is 5.91 Å². The van der Waals surface area contributed by atoms with E-state index in [2.05, 4.69) is 15.3 Å². The SMILES string of the molecule is Cn1c(=O)c2c(SCC(=O)Nc3ccccc3F)nc(-c3ccc([N+](=O)[O-])cc3)nc2n(C)c1=O. The third-order valence-corrected chi connectivity index (χ3v) is 6.07. The summed E-state index contributed by atoms with van der Waals surface area (Å²) in [5, 5.41) is 13.6. The number of non-ortho nitro benzene ring substituents is 1. The van der Waals surface area contributed by atoms with E-state index in [4.69, 9.17) is 0 Å². The summed E-state index contributed by atoms with van der Waals surface area (Å²) >= 11 is 0.915. The topological polar surface area (TPSA) is 142 Å². The zero-order valence-electron chi connectivity index (χ0n) is 18.4. The van der Waals surface area contributed by atoms with Gasteiger partial charge in [0, 0.05) is 31.8 Å². The minimum Gasteiger partial charge on any atom is -0.323 e. The normalized spacial score (nSPS) is 10.9. The number of para-hydroxylation sites is 1. The number of fused-ring (bicyclic) bond motifs is 1. The highest BCUT2D eigenvalue weighted by atomic mass is 32.2. The summed E-state index contributed by atoms with van der Waals surface area (Å²) < 4.78 is 15.9. The van der Waals surface area contributed by atoms with Crippen LogP contribution in [0.25, 0.3) is 22.4 Å². The molecule has 11 nitrogen and oxygen atoms in total. The zero-order chi connectivity index (χ0) is 25.3. The number of benzene rings is 2. The average molecular weight is 496 g/mol. The Morgan fingerprint density at radius 1 is 1.09 bits per heavy atom. The summed E-state index contributed by atoms with van der Waals surface area (Å²) in [6.07, 6.45) is 0. The van der Waals surface area contributed by atoms with Gasteiger partial charge in [-0.05, 0) is 24.3 Å². The van der Waals surface area contributed by atoms with Gasteiger partial charge in [0.25, 0.3) is 11.2 Å². The Kier molecular flexibility index (Phi) is 6.42. The Bertz CT molecular complexity index is 1600. The van der Waals surface area contributed by atoms with Crippen LogP contribution in [0.4, 0.5) is 15.8 Å².